The number of pyridine rings is 1. The Bertz CT molecular complexity index is 616. The molecule has 7 heteroatoms. The number of amides is 1. The fraction of sp³-hybridized carbons (Fsp3) is 0.538. The molecule has 0 saturated carbocycles. The van der Waals surface area contributed by atoms with Crippen molar-refractivity contribution in [1.29, 1.82) is 0 Å². The van der Waals surface area contributed by atoms with Crippen LogP contribution in [0, 0.1) is 0 Å². The summed E-state index contributed by atoms with van der Waals surface area (Å²) in [5.74, 6) is -0.149. The van der Waals surface area contributed by atoms with Gasteiger partial charge in [-0.15, -0.1) is 0 Å². The molecule has 1 atom stereocenters. The van der Waals surface area contributed by atoms with E-state index in [1.807, 2.05) is 6.92 Å². The first kappa shape index (κ1) is 15.3. The van der Waals surface area contributed by atoms with E-state index in [1.165, 1.54) is 6.07 Å². The van der Waals surface area contributed by atoms with Crippen molar-refractivity contribution in [3.8, 4) is 0 Å². The van der Waals surface area contributed by atoms with Crippen LogP contribution in [-0.4, -0.2) is 36.9 Å². The molecule has 1 N–H and O–H groups in total. The molecule has 20 heavy (non-hydrogen) atoms. The Hall–Kier alpha value is -1.14. The van der Waals surface area contributed by atoms with Gasteiger partial charge in [0.1, 0.15) is 5.15 Å². The zero-order valence-electron chi connectivity index (χ0n) is 11.2. The Balaban J connectivity index is 2.09. The van der Waals surface area contributed by atoms with Crippen LogP contribution in [0.5, 0.6) is 0 Å². The molecular formula is C13H17ClN2O3S. The summed E-state index contributed by atoms with van der Waals surface area (Å²) in [6, 6.07) is 2.89. The minimum atomic E-state index is -3.00. The molecule has 0 radical (unpaired) electrons. The predicted molar refractivity (Wildman–Crippen MR) is 77.8 cm³/mol. The van der Waals surface area contributed by atoms with Gasteiger partial charge in [-0.3, -0.25) is 4.79 Å². The number of halogens is 1. The summed E-state index contributed by atoms with van der Waals surface area (Å²) in [6.45, 7) is 2.02. The van der Waals surface area contributed by atoms with Crippen LogP contribution in [-0.2, 0) is 16.3 Å². The van der Waals surface area contributed by atoms with Crippen molar-refractivity contribution in [2.75, 3.05) is 11.5 Å². The highest BCUT2D eigenvalue weighted by molar-refractivity contribution is 7.91. The molecule has 1 aromatic heterocycles. The maximum Gasteiger partial charge on any atom is 0.251 e. The van der Waals surface area contributed by atoms with Gasteiger partial charge in [0.2, 0.25) is 0 Å². The lowest BCUT2D eigenvalue weighted by atomic mass is 10.1. The molecule has 110 valence electrons. The second-order valence-corrected chi connectivity index (χ2v) is 7.61. The van der Waals surface area contributed by atoms with Crippen molar-refractivity contribution in [2.45, 2.75) is 32.2 Å². The second-order valence-electron chi connectivity index (χ2n) is 4.99. The van der Waals surface area contributed by atoms with Crippen LogP contribution in [0.2, 0.25) is 5.15 Å². The van der Waals surface area contributed by atoms with Gasteiger partial charge in [-0.2, -0.15) is 0 Å². The Morgan fingerprint density at radius 3 is 2.85 bits per heavy atom. The summed E-state index contributed by atoms with van der Waals surface area (Å²) >= 11 is 5.90. The Labute approximate surface area is 123 Å². The van der Waals surface area contributed by atoms with Crippen molar-refractivity contribution in [2.24, 2.45) is 0 Å². The van der Waals surface area contributed by atoms with E-state index < -0.39 is 9.84 Å². The van der Waals surface area contributed by atoms with Gasteiger partial charge in [0.15, 0.2) is 9.84 Å². The van der Waals surface area contributed by atoms with Crippen LogP contribution in [0.4, 0.5) is 0 Å². The number of hydrogen-bond acceptors (Lipinski definition) is 4. The third-order valence-electron chi connectivity index (χ3n) is 3.18. The third-order valence-corrected chi connectivity index (χ3v) is 5.14. The molecule has 1 saturated heterocycles. The van der Waals surface area contributed by atoms with Crippen LogP contribution in [0.3, 0.4) is 0 Å². The van der Waals surface area contributed by atoms with Gasteiger partial charge in [0, 0.05) is 17.3 Å². The monoisotopic (exact) mass is 316 g/mol. The lowest BCUT2D eigenvalue weighted by Crippen LogP contribution is -2.35. The zero-order valence-corrected chi connectivity index (χ0v) is 12.8. The average Bonchev–Trinajstić information content (AvgIpc) is 2.68. The van der Waals surface area contributed by atoms with Gasteiger partial charge in [0.25, 0.3) is 5.91 Å². The summed E-state index contributed by atoms with van der Waals surface area (Å²) in [7, 11) is -3.00. The molecule has 1 aliphatic heterocycles. The second kappa shape index (κ2) is 6.10. The lowest BCUT2D eigenvalue weighted by Gasteiger charge is -2.11. The van der Waals surface area contributed by atoms with E-state index in [4.69, 9.17) is 11.6 Å². The summed E-state index contributed by atoms with van der Waals surface area (Å²) in [5, 5.41) is 3.02. The number of sulfone groups is 1. The molecule has 0 bridgehead atoms. The molecule has 0 aliphatic carbocycles. The number of hydrogen-bond donors (Lipinski definition) is 1. The minimum Gasteiger partial charge on any atom is -0.348 e. The first-order chi connectivity index (χ1) is 9.39. The van der Waals surface area contributed by atoms with Crippen LogP contribution < -0.4 is 5.32 Å². The van der Waals surface area contributed by atoms with E-state index in [9.17, 15) is 13.2 Å². The first-order valence-corrected chi connectivity index (χ1v) is 8.77. The highest BCUT2D eigenvalue weighted by Gasteiger charge is 2.29. The number of nitrogens with zero attached hydrogens (tertiary/aromatic N) is 1. The van der Waals surface area contributed by atoms with Crippen LogP contribution in [0.25, 0.3) is 0 Å². The number of carbonyl (C=O) groups is 1. The van der Waals surface area contributed by atoms with Gasteiger partial charge in [-0.1, -0.05) is 24.9 Å². The van der Waals surface area contributed by atoms with Crippen LogP contribution >= 0.6 is 11.6 Å². The molecule has 2 rings (SSSR count). The van der Waals surface area contributed by atoms with Crippen LogP contribution in [0.15, 0.2) is 12.1 Å². The Kier molecular flexibility index (Phi) is 4.65. The molecule has 0 aromatic carbocycles. The molecule has 0 spiro atoms. The van der Waals surface area contributed by atoms with E-state index in [0.717, 1.165) is 18.5 Å². The number of carbonyl (C=O) groups excluding carboxylic acids is 1. The minimum absolute atomic E-state index is 0.0133. The number of aryl methyl sites for hydroxylation is 1. The normalized spacial score (nSPS) is 20.8. The first-order valence-electron chi connectivity index (χ1n) is 6.57. The maximum atomic E-state index is 12.1. The Morgan fingerprint density at radius 2 is 2.25 bits per heavy atom. The Morgan fingerprint density at radius 1 is 1.50 bits per heavy atom. The highest BCUT2D eigenvalue weighted by Crippen LogP contribution is 2.15. The summed E-state index contributed by atoms with van der Waals surface area (Å²) in [6.07, 6.45) is 2.13. The molecule has 2 heterocycles. The largest absolute Gasteiger partial charge is 0.348 e. The zero-order chi connectivity index (χ0) is 14.8. The fourth-order valence-electron chi connectivity index (χ4n) is 2.24. The summed E-state index contributed by atoms with van der Waals surface area (Å²) in [5.41, 5.74) is 1.20. The van der Waals surface area contributed by atoms with Crippen LogP contribution in [0.1, 0.15) is 35.8 Å². The van der Waals surface area contributed by atoms with E-state index >= 15 is 0 Å². The standard InChI is InChI=1S/C13H17ClN2O3S/c1-2-3-10-6-9(7-12(14)15-10)13(17)16-11-4-5-20(18,19)8-11/h6-7,11H,2-5,8H2,1H3,(H,16,17). The number of rotatable bonds is 4. The summed E-state index contributed by atoms with van der Waals surface area (Å²) in [4.78, 5) is 16.3. The molecular weight excluding hydrogens is 300 g/mol. The smallest absolute Gasteiger partial charge is 0.251 e. The quantitative estimate of drug-likeness (QED) is 0.856. The van der Waals surface area contributed by atoms with E-state index in [2.05, 4.69) is 10.3 Å². The van der Waals surface area contributed by atoms with E-state index in [0.29, 0.717) is 12.0 Å². The SMILES string of the molecule is CCCc1cc(C(=O)NC2CCS(=O)(=O)C2)cc(Cl)n1. The molecule has 1 aromatic rings. The van der Waals surface area contributed by atoms with E-state index in [-0.39, 0.29) is 28.6 Å². The lowest BCUT2D eigenvalue weighted by molar-refractivity contribution is 0.0941. The third kappa shape index (κ3) is 3.93. The number of nitrogens with one attached hydrogen (secondary N) is 1. The maximum absolute atomic E-state index is 12.1. The van der Waals surface area contributed by atoms with Gasteiger partial charge in [-0.25, -0.2) is 13.4 Å². The van der Waals surface area contributed by atoms with Gasteiger partial charge < -0.3 is 5.32 Å². The highest BCUT2D eigenvalue weighted by atomic mass is 35.5. The molecule has 1 aliphatic rings. The van der Waals surface area contributed by atoms with Crippen molar-refractivity contribution in [3.05, 3.63) is 28.5 Å². The van der Waals surface area contributed by atoms with Crippen molar-refractivity contribution in [3.63, 3.8) is 0 Å². The fourth-order valence-corrected chi connectivity index (χ4v) is 4.14. The average molecular weight is 317 g/mol. The molecule has 1 amide bonds. The number of aromatic nitrogens is 1. The van der Waals surface area contributed by atoms with Gasteiger partial charge in [0.05, 0.1) is 11.5 Å². The molecule has 1 unspecified atom stereocenters. The van der Waals surface area contributed by atoms with Gasteiger partial charge in [-0.05, 0) is 25.0 Å². The topological polar surface area (TPSA) is 76.1 Å². The van der Waals surface area contributed by atoms with Crippen molar-refractivity contribution < 1.29 is 13.2 Å². The van der Waals surface area contributed by atoms with E-state index in [1.54, 1.807) is 6.07 Å². The molecule has 1 fully saturated rings. The van der Waals surface area contributed by atoms with Crippen molar-refractivity contribution in [1.82, 2.24) is 10.3 Å². The molecule has 5 nitrogen and oxygen atoms in total. The van der Waals surface area contributed by atoms with Gasteiger partial charge >= 0.3 is 0 Å². The summed E-state index contributed by atoms with van der Waals surface area (Å²) < 4.78 is 22.7. The predicted octanol–water partition coefficient (Wildman–Crippen LogP) is 1.60. The van der Waals surface area contributed by atoms with Crippen molar-refractivity contribution >= 4 is 27.3 Å².